The maximum Gasteiger partial charge on any atom is 0.340 e. The van der Waals surface area contributed by atoms with E-state index in [4.69, 9.17) is 19.6 Å². The van der Waals surface area contributed by atoms with Crippen LogP contribution in [0.25, 0.3) is 0 Å². The highest BCUT2D eigenvalue weighted by Crippen LogP contribution is 2.43. The molecule has 1 aliphatic rings. The Morgan fingerprint density at radius 2 is 2.30 bits per heavy atom. The second-order valence-electron chi connectivity index (χ2n) is 4.75. The molecule has 2 aromatic rings. The van der Waals surface area contributed by atoms with Gasteiger partial charge in [0.15, 0.2) is 5.76 Å². The number of thiophene rings is 1. The molecular weight excluding hydrogens is 322 g/mol. The van der Waals surface area contributed by atoms with Gasteiger partial charge in [0.25, 0.3) is 0 Å². The number of rotatable bonds is 3. The van der Waals surface area contributed by atoms with Gasteiger partial charge in [-0.1, -0.05) is 6.07 Å². The SMILES string of the molecule is COC(=O)C1=C(N)Oc2c(oc(CO)cc2=O)C1c1cccs1. The van der Waals surface area contributed by atoms with Gasteiger partial charge in [-0.25, -0.2) is 4.79 Å². The zero-order chi connectivity index (χ0) is 16.6. The van der Waals surface area contributed by atoms with E-state index in [2.05, 4.69) is 0 Å². The number of nitrogens with two attached hydrogens (primary N) is 1. The first-order chi connectivity index (χ1) is 11.1. The van der Waals surface area contributed by atoms with Crippen molar-refractivity contribution in [1.82, 2.24) is 0 Å². The molecule has 1 unspecified atom stereocenters. The predicted octanol–water partition coefficient (Wildman–Crippen LogP) is 1.06. The Hall–Kier alpha value is -2.58. The quantitative estimate of drug-likeness (QED) is 0.807. The Morgan fingerprint density at radius 1 is 1.52 bits per heavy atom. The Bertz CT molecular complexity index is 836. The molecule has 0 aromatic carbocycles. The maximum absolute atomic E-state index is 12.2. The minimum Gasteiger partial charge on any atom is -0.465 e. The Morgan fingerprint density at radius 3 is 2.91 bits per heavy atom. The summed E-state index contributed by atoms with van der Waals surface area (Å²) in [5.41, 5.74) is 5.41. The highest BCUT2D eigenvalue weighted by molar-refractivity contribution is 7.10. The molecule has 23 heavy (non-hydrogen) atoms. The van der Waals surface area contributed by atoms with Crippen LogP contribution in [0.15, 0.2) is 44.2 Å². The molecule has 1 atom stereocenters. The second kappa shape index (κ2) is 5.90. The van der Waals surface area contributed by atoms with E-state index >= 15 is 0 Å². The molecule has 0 saturated carbocycles. The summed E-state index contributed by atoms with van der Waals surface area (Å²) in [6.45, 7) is -0.452. The van der Waals surface area contributed by atoms with Crippen LogP contribution >= 0.6 is 11.3 Å². The molecule has 120 valence electrons. The summed E-state index contributed by atoms with van der Waals surface area (Å²) in [4.78, 5) is 25.0. The maximum atomic E-state index is 12.2. The van der Waals surface area contributed by atoms with E-state index in [1.54, 1.807) is 12.1 Å². The van der Waals surface area contributed by atoms with Crippen molar-refractivity contribution < 1.29 is 23.8 Å². The highest BCUT2D eigenvalue weighted by Gasteiger charge is 2.39. The van der Waals surface area contributed by atoms with Crippen LogP contribution in [0, 0.1) is 0 Å². The third-order valence-electron chi connectivity index (χ3n) is 3.40. The van der Waals surface area contributed by atoms with Gasteiger partial charge in [-0.3, -0.25) is 4.79 Å². The molecule has 8 heteroatoms. The molecule has 0 fully saturated rings. The lowest BCUT2D eigenvalue weighted by Crippen LogP contribution is -2.29. The summed E-state index contributed by atoms with van der Waals surface area (Å²) >= 11 is 1.37. The number of carbonyl (C=O) groups excluding carboxylic acids is 1. The molecule has 2 aromatic heterocycles. The fraction of sp³-hybridized carbons (Fsp3) is 0.200. The first kappa shape index (κ1) is 15.3. The summed E-state index contributed by atoms with van der Waals surface area (Å²) in [5, 5.41) is 11.1. The highest BCUT2D eigenvalue weighted by atomic mass is 32.1. The van der Waals surface area contributed by atoms with E-state index in [1.165, 1.54) is 18.4 Å². The number of carbonyl (C=O) groups is 1. The normalized spacial score (nSPS) is 16.7. The van der Waals surface area contributed by atoms with Crippen molar-refractivity contribution >= 4 is 17.3 Å². The third kappa shape index (κ3) is 2.51. The topological polar surface area (TPSA) is 112 Å². The van der Waals surface area contributed by atoms with Crippen molar-refractivity contribution in [3.05, 3.63) is 61.7 Å². The summed E-state index contributed by atoms with van der Waals surface area (Å²) in [5.74, 6) is -1.51. The zero-order valence-corrected chi connectivity index (χ0v) is 12.9. The van der Waals surface area contributed by atoms with E-state index in [0.717, 1.165) is 10.9 Å². The first-order valence-electron chi connectivity index (χ1n) is 6.63. The van der Waals surface area contributed by atoms with Crippen LogP contribution in [0.1, 0.15) is 22.3 Å². The van der Waals surface area contributed by atoms with E-state index in [0.29, 0.717) is 0 Å². The lowest BCUT2D eigenvalue weighted by molar-refractivity contribution is -0.136. The number of esters is 1. The van der Waals surface area contributed by atoms with E-state index < -0.39 is 23.9 Å². The molecular formula is C15H13NO6S. The van der Waals surface area contributed by atoms with Crippen molar-refractivity contribution in [2.45, 2.75) is 12.5 Å². The largest absolute Gasteiger partial charge is 0.465 e. The number of methoxy groups -OCH3 is 1. The summed E-state index contributed by atoms with van der Waals surface area (Å²) in [6.07, 6.45) is 0. The molecule has 0 radical (unpaired) electrons. The predicted molar refractivity (Wildman–Crippen MR) is 80.9 cm³/mol. The minimum atomic E-state index is -0.731. The van der Waals surface area contributed by atoms with Crippen LogP contribution < -0.4 is 15.9 Å². The van der Waals surface area contributed by atoms with Crippen LogP contribution in [-0.2, 0) is 16.1 Å². The van der Waals surface area contributed by atoms with Crippen LogP contribution in [0.3, 0.4) is 0 Å². The van der Waals surface area contributed by atoms with Gasteiger partial charge in [0, 0.05) is 10.9 Å². The van der Waals surface area contributed by atoms with E-state index in [9.17, 15) is 14.7 Å². The zero-order valence-electron chi connectivity index (χ0n) is 12.1. The van der Waals surface area contributed by atoms with Gasteiger partial charge in [0.05, 0.1) is 13.0 Å². The van der Waals surface area contributed by atoms with Crippen LogP contribution in [0.5, 0.6) is 5.75 Å². The van der Waals surface area contributed by atoms with Gasteiger partial charge in [0.2, 0.25) is 17.1 Å². The fourth-order valence-corrected chi connectivity index (χ4v) is 3.24. The molecule has 3 N–H and O–H groups in total. The van der Waals surface area contributed by atoms with E-state index in [1.807, 2.05) is 5.38 Å². The molecule has 0 bridgehead atoms. The van der Waals surface area contributed by atoms with Crippen molar-refractivity contribution in [3.8, 4) is 5.75 Å². The number of ether oxygens (including phenoxy) is 2. The lowest BCUT2D eigenvalue weighted by Gasteiger charge is -2.25. The third-order valence-corrected chi connectivity index (χ3v) is 4.34. The number of aliphatic hydroxyl groups is 1. The molecule has 3 rings (SSSR count). The van der Waals surface area contributed by atoms with Gasteiger partial charge in [-0.05, 0) is 11.4 Å². The van der Waals surface area contributed by atoms with Crippen molar-refractivity contribution in [2.24, 2.45) is 5.73 Å². The first-order valence-corrected chi connectivity index (χ1v) is 7.51. The number of hydrogen-bond donors (Lipinski definition) is 2. The molecule has 7 nitrogen and oxygen atoms in total. The molecule has 0 spiro atoms. The fourth-order valence-electron chi connectivity index (χ4n) is 2.41. The molecule has 1 aliphatic heterocycles. The minimum absolute atomic E-state index is 0.0562. The number of fused-ring (bicyclic) bond motifs is 1. The van der Waals surface area contributed by atoms with E-state index in [-0.39, 0.29) is 28.7 Å². The molecule has 0 amide bonds. The molecule has 3 heterocycles. The van der Waals surface area contributed by atoms with Gasteiger partial charge in [0.1, 0.15) is 17.9 Å². The number of aliphatic hydroxyl groups excluding tert-OH is 1. The summed E-state index contributed by atoms with van der Waals surface area (Å²) < 4.78 is 15.6. The second-order valence-corrected chi connectivity index (χ2v) is 5.73. The van der Waals surface area contributed by atoms with Crippen molar-refractivity contribution in [3.63, 3.8) is 0 Å². The molecule has 0 aliphatic carbocycles. The monoisotopic (exact) mass is 335 g/mol. The smallest absolute Gasteiger partial charge is 0.340 e. The lowest BCUT2D eigenvalue weighted by atomic mass is 9.92. The average molecular weight is 335 g/mol. The van der Waals surface area contributed by atoms with Gasteiger partial charge >= 0.3 is 5.97 Å². The summed E-state index contributed by atoms with van der Waals surface area (Å²) in [6, 6.07) is 4.71. The Balaban J connectivity index is 2.28. The Kier molecular flexibility index (Phi) is 3.93. The summed E-state index contributed by atoms with van der Waals surface area (Å²) in [7, 11) is 1.23. The average Bonchev–Trinajstić information content (AvgIpc) is 3.07. The Labute approximate surface area is 134 Å². The van der Waals surface area contributed by atoms with Crippen LogP contribution in [-0.4, -0.2) is 18.2 Å². The van der Waals surface area contributed by atoms with Gasteiger partial charge in [-0.15, -0.1) is 11.3 Å². The van der Waals surface area contributed by atoms with Gasteiger partial charge in [-0.2, -0.15) is 0 Å². The number of hydrogen-bond acceptors (Lipinski definition) is 8. The standard InChI is InChI=1S/C15H13NO6S/c1-20-15(19)11-10(9-3-2-4-23-9)13-12(22-14(11)16)8(18)5-7(6-17)21-13/h2-5,10,17H,6,16H2,1H3. The van der Waals surface area contributed by atoms with Crippen LogP contribution in [0.2, 0.25) is 0 Å². The van der Waals surface area contributed by atoms with Gasteiger partial charge < -0.3 is 24.7 Å². The van der Waals surface area contributed by atoms with Crippen molar-refractivity contribution in [2.75, 3.05) is 7.11 Å². The molecule has 0 saturated heterocycles. The van der Waals surface area contributed by atoms with Crippen LogP contribution in [0.4, 0.5) is 0 Å². The van der Waals surface area contributed by atoms with Crippen molar-refractivity contribution in [1.29, 1.82) is 0 Å².